The summed E-state index contributed by atoms with van der Waals surface area (Å²) in [7, 11) is -2.83. The Morgan fingerprint density at radius 3 is 1.30 bits per heavy atom. The number of rotatable bonds is 20. The summed E-state index contributed by atoms with van der Waals surface area (Å²) >= 11 is 0. The highest BCUT2D eigenvalue weighted by molar-refractivity contribution is 6.80. The van der Waals surface area contributed by atoms with Gasteiger partial charge in [-0.1, -0.05) is 164 Å². The van der Waals surface area contributed by atoms with Crippen LogP contribution in [0.5, 0.6) is 0 Å². The molecule has 1 N–H and O–H groups in total. The molecule has 0 spiro atoms. The average Bonchev–Trinajstić information content (AvgIpc) is 3.58. The molecule has 0 bridgehead atoms. The third-order valence-corrected chi connectivity index (χ3v) is 15.6. The summed E-state index contributed by atoms with van der Waals surface area (Å²) in [4.78, 5) is 57.4. The van der Waals surface area contributed by atoms with Crippen molar-refractivity contribution in [3.8, 4) is 0 Å². The molecule has 15 nitrogen and oxygen atoms in total. The molecule has 7 aromatic rings. The van der Waals surface area contributed by atoms with Gasteiger partial charge in [0.05, 0.1) is 41.1 Å². The van der Waals surface area contributed by atoms with Crippen LogP contribution in [-0.4, -0.2) is 118 Å². The number of esters is 4. The van der Waals surface area contributed by atoms with Gasteiger partial charge < -0.3 is 52.2 Å². The van der Waals surface area contributed by atoms with E-state index in [0.29, 0.717) is 0 Å². The van der Waals surface area contributed by atoms with E-state index in [-0.39, 0.29) is 35.5 Å². The molecule has 0 amide bonds. The quantitative estimate of drug-likeness (QED) is 0.0446. The van der Waals surface area contributed by atoms with Gasteiger partial charge in [0.15, 0.2) is 30.9 Å². The molecule has 0 radical (unpaired) electrons. The SMILES string of the molecule is CC(C)(C)OC[C@H]1O[C@@H](O[C@H]2[C@H](OC(=O)c3ccccc3)[C@@H](OC(=O)c3ccccc3)[C@H](OCc3ccccc3)O[C@@H]2COC(=O)c2ccccc2)[C@H](OC(=O)c2ccccc2)[C@@H](O[SiH](c2ccccc2)c2ccccc2)[C@H]1O. The van der Waals surface area contributed by atoms with Gasteiger partial charge in [0.1, 0.15) is 37.1 Å². The van der Waals surface area contributed by atoms with Crippen molar-refractivity contribution in [1.29, 1.82) is 0 Å². The molecule has 2 fully saturated rings. The van der Waals surface area contributed by atoms with E-state index in [0.717, 1.165) is 15.9 Å². The van der Waals surface area contributed by atoms with Crippen LogP contribution in [0, 0.1) is 0 Å². The average molecular weight is 1090 g/mol. The van der Waals surface area contributed by atoms with Crippen LogP contribution in [0.4, 0.5) is 0 Å². The molecule has 2 aliphatic rings. The van der Waals surface area contributed by atoms with E-state index < -0.39 is 107 Å². The van der Waals surface area contributed by atoms with Crippen molar-refractivity contribution >= 4 is 43.3 Å². The first-order valence-electron chi connectivity index (χ1n) is 26.1. The van der Waals surface area contributed by atoms with E-state index in [1.165, 1.54) is 0 Å². The minimum Gasteiger partial charge on any atom is -0.459 e. The van der Waals surface area contributed by atoms with Gasteiger partial charge >= 0.3 is 23.9 Å². The van der Waals surface area contributed by atoms with Crippen LogP contribution in [0.15, 0.2) is 212 Å². The van der Waals surface area contributed by atoms with E-state index in [1.807, 2.05) is 112 Å². The van der Waals surface area contributed by atoms with Gasteiger partial charge in [-0.2, -0.15) is 0 Å². The van der Waals surface area contributed by atoms with Crippen molar-refractivity contribution in [3.63, 3.8) is 0 Å². The maximum absolute atomic E-state index is 14.6. The van der Waals surface area contributed by atoms with Crippen LogP contribution in [0.2, 0.25) is 0 Å². The lowest BCUT2D eigenvalue weighted by Gasteiger charge is -2.49. The van der Waals surface area contributed by atoms with Crippen molar-refractivity contribution in [2.45, 2.75) is 94.4 Å². The van der Waals surface area contributed by atoms with Gasteiger partial charge in [0, 0.05) is 0 Å². The number of aliphatic hydroxyl groups excluding tert-OH is 1. The van der Waals surface area contributed by atoms with Gasteiger partial charge in [0.2, 0.25) is 9.04 Å². The fraction of sp³-hybridized carbons (Fsp3) is 0.270. The Morgan fingerprint density at radius 2 is 0.848 bits per heavy atom. The Hall–Kier alpha value is -7.64. The summed E-state index contributed by atoms with van der Waals surface area (Å²) in [5.74, 6) is -3.21. The van der Waals surface area contributed by atoms with Crippen molar-refractivity contribution in [2.24, 2.45) is 0 Å². The van der Waals surface area contributed by atoms with Gasteiger partial charge in [-0.05, 0) is 85.2 Å². The fourth-order valence-electron chi connectivity index (χ4n) is 9.10. The molecule has 2 saturated heterocycles. The molecule has 7 aromatic carbocycles. The maximum Gasteiger partial charge on any atom is 0.338 e. The van der Waals surface area contributed by atoms with E-state index in [9.17, 15) is 24.3 Å². The highest BCUT2D eigenvalue weighted by Crippen LogP contribution is 2.36. The molecule has 9 rings (SSSR count). The molecular formula is C63H62O15Si. The minimum absolute atomic E-state index is 0.0736. The molecule has 0 aromatic heterocycles. The zero-order chi connectivity index (χ0) is 55.1. The molecule has 2 heterocycles. The molecule has 79 heavy (non-hydrogen) atoms. The van der Waals surface area contributed by atoms with Crippen LogP contribution in [0.3, 0.4) is 0 Å². The number of hydrogen-bond acceptors (Lipinski definition) is 15. The summed E-state index contributed by atoms with van der Waals surface area (Å²) in [5.41, 5.74) is 0.673. The first-order valence-corrected chi connectivity index (χ1v) is 27.7. The Labute approximate surface area is 460 Å². The number of ether oxygens (including phenoxy) is 9. The topological polar surface area (TPSA) is 181 Å². The molecular weight excluding hydrogens is 1020 g/mol. The summed E-state index contributed by atoms with van der Waals surface area (Å²) in [6.45, 7) is 4.71. The second kappa shape index (κ2) is 26.8. The second-order valence-electron chi connectivity index (χ2n) is 19.9. The van der Waals surface area contributed by atoms with E-state index in [4.69, 9.17) is 47.1 Å². The molecule has 408 valence electrons. The lowest BCUT2D eigenvalue weighted by atomic mass is 9.96. The van der Waals surface area contributed by atoms with Crippen LogP contribution in [0.1, 0.15) is 67.8 Å². The minimum atomic E-state index is -2.83. The number of carbonyl (C=O) groups excluding carboxylic acids is 4. The highest BCUT2D eigenvalue weighted by Gasteiger charge is 2.57. The molecule has 2 aliphatic heterocycles. The number of hydrogen-bond donors (Lipinski definition) is 1. The van der Waals surface area contributed by atoms with Crippen LogP contribution >= 0.6 is 0 Å². The van der Waals surface area contributed by atoms with Gasteiger partial charge in [-0.3, -0.25) is 0 Å². The first kappa shape index (κ1) is 56.1. The summed E-state index contributed by atoms with van der Waals surface area (Å²) in [5, 5.41) is 14.4. The Morgan fingerprint density at radius 1 is 0.456 bits per heavy atom. The van der Waals surface area contributed by atoms with Crippen molar-refractivity contribution < 1.29 is 71.3 Å². The maximum atomic E-state index is 14.6. The lowest BCUT2D eigenvalue weighted by Crippen LogP contribution is -2.68. The number of carbonyl (C=O) groups is 4. The highest BCUT2D eigenvalue weighted by atomic mass is 28.3. The lowest BCUT2D eigenvalue weighted by molar-refractivity contribution is -0.358. The molecule has 16 heteroatoms. The van der Waals surface area contributed by atoms with Crippen LogP contribution in [0.25, 0.3) is 0 Å². The van der Waals surface area contributed by atoms with Crippen molar-refractivity contribution in [1.82, 2.24) is 0 Å². The predicted molar refractivity (Wildman–Crippen MR) is 293 cm³/mol. The normalized spacial score (nSPS) is 23.0. The van der Waals surface area contributed by atoms with Crippen molar-refractivity contribution in [3.05, 3.63) is 240 Å². The Kier molecular flexibility index (Phi) is 19.0. The molecule has 0 unspecified atom stereocenters. The molecule has 0 saturated carbocycles. The third kappa shape index (κ3) is 14.9. The van der Waals surface area contributed by atoms with Crippen molar-refractivity contribution in [2.75, 3.05) is 13.2 Å². The molecule has 0 aliphatic carbocycles. The van der Waals surface area contributed by atoms with Gasteiger partial charge in [0.25, 0.3) is 0 Å². The van der Waals surface area contributed by atoms with E-state index in [1.54, 1.807) is 121 Å². The zero-order valence-corrected chi connectivity index (χ0v) is 45.0. The summed E-state index contributed by atoms with van der Waals surface area (Å²) < 4.78 is 66.2. The van der Waals surface area contributed by atoms with E-state index >= 15 is 0 Å². The standard InChI is InChI=1S/C63H62O15Si/c1-63(2,3)71-41-49-51(64)53(78-79(47-35-21-9-22-36-47)48-37-23-10-24-38-48)55(75-59(67)45-31-17-7-18-32-45)62(72-49)77-52-50(40-69-57(65)43-27-13-5-14-28-43)73-61(70-39-42-25-11-4-12-26-42)56(76-60(68)46-33-19-8-20-34-46)54(52)74-58(66)44-29-15-6-16-30-44/h4-38,49-56,61-62,64,79H,39-41H2,1-3H3/t49-,50-,51+,52-,53+,54+,55-,56-,61-,62+/m1/s1. The Balaban J connectivity index is 1.19. The predicted octanol–water partition coefficient (Wildman–Crippen LogP) is 7.67. The van der Waals surface area contributed by atoms with E-state index in [2.05, 4.69) is 0 Å². The number of benzene rings is 7. The monoisotopic (exact) mass is 1090 g/mol. The smallest absolute Gasteiger partial charge is 0.338 e. The summed E-state index contributed by atoms with van der Waals surface area (Å²) in [6, 6.07) is 61.2. The fourth-order valence-corrected chi connectivity index (χ4v) is 11.6. The Bertz CT molecular complexity index is 2990. The van der Waals surface area contributed by atoms with Gasteiger partial charge in [-0.25, -0.2) is 19.2 Å². The summed E-state index contributed by atoms with van der Waals surface area (Å²) in [6.07, 6.45) is -15.3. The first-order chi connectivity index (χ1) is 38.4. The van der Waals surface area contributed by atoms with Gasteiger partial charge in [-0.15, -0.1) is 0 Å². The third-order valence-electron chi connectivity index (χ3n) is 13.1. The number of aliphatic hydroxyl groups is 1. The van der Waals surface area contributed by atoms with Crippen LogP contribution in [-0.2, 0) is 53.7 Å². The largest absolute Gasteiger partial charge is 0.459 e. The van der Waals surface area contributed by atoms with Crippen LogP contribution < -0.4 is 10.4 Å². The second-order valence-corrected chi connectivity index (χ2v) is 22.2. The molecule has 10 atom stereocenters. The zero-order valence-electron chi connectivity index (χ0n) is 43.8.